The first-order valence-electron chi connectivity index (χ1n) is 3.98. The Hall–Kier alpha value is -1.02. The summed E-state index contributed by atoms with van der Waals surface area (Å²) in [4.78, 5) is 10.5. The van der Waals surface area contributed by atoms with Gasteiger partial charge in [-0.15, -0.1) is 0 Å². The van der Waals surface area contributed by atoms with Gasteiger partial charge in [-0.2, -0.15) is 0 Å². The SMILES string of the molecule is CC(=O)OCc1ccc(C)c(Cl)c1. The second-order valence-corrected chi connectivity index (χ2v) is 3.27. The third kappa shape index (κ3) is 3.07. The average Bonchev–Trinajstić information content (AvgIpc) is 2.07. The van der Waals surface area contributed by atoms with E-state index in [1.54, 1.807) is 6.07 Å². The molecule has 70 valence electrons. The molecule has 0 aliphatic carbocycles. The van der Waals surface area contributed by atoms with Gasteiger partial charge < -0.3 is 4.74 Å². The zero-order valence-corrected chi connectivity index (χ0v) is 8.39. The second-order valence-electron chi connectivity index (χ2n) is 2.86. The first-order valence-corrected chi connectivity index (χ1v) is 4.36. The molecule has 1 aromatic carbocycles. The predicted molar refractivity (Wildman–Crippen MR) is 51.7 cm³/mol. The Morgan fingerprint density at radius 3 is 2.77 bits per heavy atom. The highest BCUT2D eigenvalue weighted by Gasteiger charge is 1.99. The molecule has 0 unspecified atom stereocenters. The topological polar surface area (TPSA) is 26.3 Å². The van der Waals surface area contributed by atoms with Crippen molar-refractivity contribution in [1.29, 1.82) is 0 Å². The minimum absolute atomic E-state index is 0.281. The van der Waals surface area contributed by atoms with Crippen LogP contribution in [0.4, 0.5) is 0 Å². The highest BCUT2D eigenvalue weighted by atomic mass is 35.5. The molecule has 0 saturated heterocycles. The van der Waals surface area contributed by atoms with Crippen LogP contribution < -0.4 is 0 Å². The number of ether oxygens (including phenoxy) is 1. The molecular formula is C10H11ClO2. The zero-order chi connectivity index (χ0) is 9.84. The van der Waals surface area contributed by atoms with E-state index in [0.717, 1.165) is 11.1 Å². The van der Waals surface area contributed by atoms with E-state index in [1.165, 1.54) is 6.92 Å². The normalized spacial score (nSPS) is 9.77. The summed E-state index contributed by atoms with van der Waals surface area (Å²) >= 11 is 5.89. The van der Waals surface area contributed by atoms with E-state index in [-0.39, 0.29) is 12.6 Å². The van der Waals surface area contributed by atoms with Crippen LogP contribution in [-0.2, 0) is 16.1 Å². The quantitative estimate of drug-likeness (QED) is 0.683. The molecule has 0 saturated carbocycles. The van der Waals surface area contributed by atoms with Gasteiger partial charge >= 0.3 is 5.97 Å². The highest BCUT2D eigenvalue weighted by molar-refractivity contribution is 6.31. The van der Waals surface area contributed by atoms with Crippen molar-refractivity contribution >= 4 is 17.6 Å². The summed E-state index contributed by atoms with van der Waals surface area (Å²) in [5.41, 5.74) is 1.93. The summed E-state index contributed by atoms with van der Waals surface area (Å²) in [6, 6.07) is 5.60. The van der Waals surface area contributed by atoms with Gasteiger partial charge in [0.2, 0.25) is 0 Å². The fraction of sp³-hybridized carbons (Fsp3) is 0.300. The molecule has 3 heteroatoms. The van der Waals surface area contributed by atoms with E-state index in [2.05, 4.69) is 0 Å². The zero-order valence-electron chi connectivity index (χ0n) is 7.63. The average molecular weight is 199 g/mol. The van der Waals surface area contributed by atoms with Crippen molar-refractivity contribution in [2.75, 3.05) is 0 Å². The molecule has 0 radical (unpaired) electrons. The van der Waals surface area contributed by atoms with Crippen LogP contribution in [0.25, 0.3) is 0 Å². The largest absolute Gasteiger partial charge is 0.461 e. The summed E-state index contributed by atoms with van der Waals surface area (Å²) in [7, 11) is 0. The van der Waals surface area contributed by atoms with Gasteiger partial charge in [0.1, 0.15) is 6.61 Å². The molecule has 0 spiro atoms. The van der Waals surface area contributed by atoms with Crippen LogP contribution in [0.1, 0.15) is 18.1 Å². The summed E-state index contributed by atoms with van der Waals surface area (Å²) in [5.74, 6) is -0.281. The van der Waals surface area contributed by atoms with Crippen LogP contribution >= 0.6 is 11.6 Å². The highest BCUT2D eigenvalue weighted by Crippen LogP contribution is 2.17. The fourth-order valence-corrected chi connectivity index (χ4v) is 1.11. The molecule has 0 aromatic heterocycles. The number of hydrogen-bond donors (Lipinski definition) is 0. The molecule has 0 aliphatic rings. The van der Waals surface area contributed by atoms with Crippen molar-refractivity contribution in [3.8, 4) is 0 Å². The minimum atomic E-state index is -0.281. The van der Waals surface area contributed by atoms with Crippen LogP contribution in [0.5, 0.6) is 0 Å². The van der Waals surface area contributed by atoms with Crippen LogP contribution in [0.2, 0.25) is 5.02 Å². The van der Waals surface area contributed by atoms with Crippen molar-refractivity contribution in [1.82, 2.24) is 0 Å². The van der Waals surface area contributed by atoms with Gasteiger partial charge in [0.05, 0.1) is 0 Å². The lowest BCUT2D eigenvalue weighted by atomic mass is 10.2. The van der Waals surface area contributed by atoms with Crippen LogP contribution in [0.15, 0.2) is 18.2 Å². The van der Waals surface area contributed by atoms with E-state index < -0.39 is 0 Å². The Morgan fingerprint density at radius 1 is 1.54 bits per heavy atom. The summed E-state index contributed by atoms with van der Waals surface area (Å²) in [5, 5.41) is 0.699. The maximum atomic E-state index is 10.5. The molecule has 0 fully saturated rings. The summed E-state index contributed by atoms with van der Waals surface area (Å²) < 4.78 is 4.83. The maximum absolute atomic E-state index is 10.5. The van der Waals surface area contributed by atoms with E-state index in [9.17, 15) is 4.79 Å². The standard InChI is InChI=1S/C10H11ClO2/c1-7-3-4-9(5-10(7)11)6-13-8(2)12/h3-5H,6H2,1-2H3. The maximum Gasteiger partial charge on any atom is 0.302 e. The van der Waals surface area contributed by atoms with Crippen molar-refractivity contribution in [3.05, 3.63) is 34.3 Å². The molecule has 13 heavy (non-hydrogen) atoms. The van der Waals surface area contributed by atoms with E-state index in [1.807, 2.05) is 19.1 Å². The predicted octanol–water partition coefficient (Wildman–Crippen LogP) is 2.71. The lowest BCUT2D eigenvalue weighted by Crippen LogP contribution is -1.98. The van der Waals surface area contributed by atoms with Crippen molar-refractivity contribution in [2.24, 2.45) is 0 Å². The molecule has 2 nitrogen and oxygen atoms in total. The summed E-state index contributed by atoms with van der Waals surface area (Å²) in [6.07, 6.45) is 0. The fourth-order valence-electron chi connectivity index (χ4n) is 0.911. The Bertz CT molecular complexity index is 321. The number of hydrogen-bond acceptors (Lipinski definition) is 2. The molecule has 0 aliphatic heterocycles. The number of esters is 1. The molecule has 0 atom stereocenters. The molecule has 0 amide bonds. The van der Waals surface area contributed by atoms with E-state index in [0.29, 0.717) is 5.02 Å². The number of halogens is 1. The molecule has 1 aromatic rings. The Balaban J connectivity index is 2.68. The molecule has 0 N–H and O–H groups in total. The third-order valence-corrected chi connectivity index (χ3v) is 2.09. The van der Waals surface area contributed by atoms with Gasteiger partial charge in [0, 0.05) is 11.9 Å². The monoisotopic (exact) mass is 198 g/mol. The first kappa shape index (κ1) is 10.1. The molecule has 0 bridgehead atoms. The van der Waals surface area contributed by atoms with E-state index >= 15 is 0 Å². The first-order chi connectivity index (χ1) is 6.09. The number of carbonyl (C=O) groups is 1. The van der Waals surface area contributed by atoms with Gasteiger partial charge in [-0.1, -0.05) is 23.7 Å². The Labute approximate surface area is 82.5 Å². The smallest absolute Gasteiger partial charge is 0.302 e. The lowest BCUT2D eigenvalue weighted by Gasteiger charge is -2.03. The minimum Gasteiger partial charge on any atom is -0.461 e. The molecular weight excluding hydrogens is 188 g/mol. The van der Waals surface area contributed by atoms with E-state index in [4.69, 9.17) is 16.3 Å². The van der Waals surface area contributed by atoms with Crippen molar-refractivity contribution < 1.29 is 9.53 Å². The lowest BCUT2D eigenvalue weighted by molar-refractivity contribution is -0.142. The Morgan fingerprint density at radius 2 is 2.23 bits per heavy atom. The molecule has 1 rings (SSSR count). The number of benzene rings is 1. The third-order valence-electron chi connectivity index (χ3n) is 1.68. The number of aryl methyl sites for hydroxylation is 1. The van der Waals surface area contributed by atoms with Crippen molar-refractivity contribution in [2.45, 2.75) is 20.5 Å². The van der Waals surface area contributed by atoms with Gasteiger partial charge in [-0.25, -0.2) is 0 Å². The van der Waals surface area contributed by atoms with Gasteiger partial charge in [0.25, 0.3) is 0 Å². The van der Waals surface area contributed by atoms with Crippen molar-refractivity contribution in [3.63, 3.8) is 0 Å². The number of carbonyl (C=O) groups excluding carboxylic acids is 1. The number of rotatable bonds is 2. The van der Waals surface area contributed by atoms with Crippen LogP contribution in [0, 0.1) is 6.92 Å². The van der Waals surface area contributed by atoms with Gasteiger partial charge in [-0.05, 0) is 24.1 Å². The van der Waals surface area contributed by atoms with Crippen LogP contribution in [0.3, 0.4) is 0 Å². The van der Waals surface area contributed by atoms with Crippen LogP contribution in [-0.4, -0.2) is 5.97 Å². The Kier molecular flexibility index (Phi) is 3.32. The summed E-state index contributed by atoms with van der Waals surface area (Å²) in [6.45, 7) is 3.60. The van der Waals surface area contributed by atoms with Gasteiger partial charge in [-0.3, -0.25) is 4.79 Å². The molecule has 0 heterocycles. The van der Waals surface area contributed by atoms with Gasteiger partial charge in [0.15, 0.2) is 0 Å². The second kappa shape index (κ2) is 4.28.